The maximum absolute atomic E-state index is 5.61. The Morgan fingerprint density at radius 3 is 3.06 bits per heavy atom. The van der Waals surface area contributed by atoms with E-state index in [0.717, 1.165) is 18.2 Å². The zero-order valence-electron chi connectivity index (χ0n) is 10.8. The molecular formula is C13H18N4O. The van der Waals surface area contributed by atoms with E-state index in [1.807, 2.05) is 19.4 Å². The predicted octanol–water partition coefficient (Wildman–Crippen LogP) is 2.21. The van der Waals surface area contributed by atoms with E-state index >= 15 is 0 Å². The smallest absolute Gasteiger partial charge is 0.217 e. The molecule has 0 radical (unpaired) electrons. The Morgan fingerprint density at radius 1 is 1.50 bits per heavy atom. The van der Waals surface area contributed by atoms with Crippen LogP contribution in [0.25, 0.3) is 0 Å². The fourth-order valence-corrected chi connectivity index (χ4v) is 2.53. The quantitative estimate of drug-likeness (QED) is 0.902. The second-order valence-corrected chi connectivity index (χ2v) is 4.86. The van der Waals surface area contributed by atoms with Gasteiger partial charge in [0.15, 0.2) is 0 Å². The van der Waals surface area contributed by atoms with Crippen molar-refractivity contribution in [1.82, 2.24) is 19.9 Å². The number of oxazole rings is 1. The van der Waals surface area contributed by atoms with Crippen LogP contribution in [0.4, 0.5) is 0 Å². The molecule has 0 aromatic carbocycles. The molecule has 5 nitrogen and oxygen atoms in total. The Kier molecular flexibility index (Phi) is 2.91. The second-order valence-electron chi connectivity index (χ2n) is 4.86. The highest BCUT2D eigenvalue weighted by atomic mass is 16.4. The van der Waals surface area contributed by atoms with E-state index in [0.29, 0.717) is 6.04 Å². The van der Waals surface area contributed by atoms with Crippen LogP contribution in [0.3, 0.4) is 0 Å². The molecule has 5 heteroatoms. The first kappa shape index (κ1) is 11.5. The van der Waals surface area contributed by atoms with Crippen LogP contribution >= 0.6 is 0 Å². The summed E-state index contributed by atoms with van der Waals surface area (Å²) in [5, 5.41) is 3.50. The minimum atomic E-state index is 0.0820. The van der Waals surface area contributed by atoms with Gasteiger partial charge < -0.3 is 14.3 Å². The van der Waals surface area contributed by atoms with Crippen LogP contribution in [0.2, 0.25) is 0 Å². The number of aryl methyl sites for hydroxylation is 1. The van der Waals surface area contributed by atoms with Crippen molar-refractivity contribution < 1.29 is 4.42 Å². The van der Waals surface area contributed by atoms with Crippen LogP contribution in [-0.4, -0.2) is 21.1 Å². The monoisotopic (exact) mass is 246 g/mol. The summed E-state index contributed by atoms with van der Waals surface area (Å²) in [6, 6.07) is 0.490. The summed E-state index contributed by atoms with van der Waals surface area (Å²) in [5.41, 5.74) is 1.22. The Labute approximate surface area is 106 Å². The number of nitrogens with one attached hydrogen (secondary N) is 1. The minimum Gasteiger partial charge on any atom is -0.444 e. The average Bonchev–Trinajstić information content (AvgIpc) is 3.08. The third kappa shape index (κ3) is 1.95. The van der Waals surface area contributed by atoms with E-state index in [4.69, 9.17) is 4.42 Å². The second kappa shape index (κ2) is 4.57. The van der Waals surface area contributed by atoms with Gasteiger partial charge in [-0.1, -0.05) is 0 Å². The fraction of sp³-hybridized carbons (Fsp3) is 0.538. The summed E-state index contributed by atoms with van der Waals surface area (Å²) in [5.74, 6) is 1.59. The van der Waals surface area contributed by atoms with Gasteiger partial charge >= 0.3 is 0 Å². The third-order valence-electron chi connectivity index (χ3n) is 3.53. The van der Waals surface area contributed by atoms with Crippen LogP contribution in [0.1, 0.15) is 49.2 Å². The van der Waals surface area contributed by atoms with Crippen molar-refractivity contribution in [2.24, 2.45) is 0 Å². The van der Waals surface area contributed by atoms with Gasteiger partial charge in [-0.2, -0.15) is 0 Å². The van der Waals surface area contributed by atoms with E-state index in [2.05, 4.69) is 26.8 Å². The molecule has 0 bridgehead atoms. The van der Waals surface area contributed by atoms with Gasteiger partial charge in [-0.25, -0.2) is 9.97 Å². The Bertz CT molecular complexity index is 525. The van der Waals surface area contributed by atoms with Crippen molar-refractivity contribution in [2.75, 3.05) is 6.54 Å². The van der Waals surface area contributed by atoms with Crippen LogP contribution < -0.4 is 5.32 Å². The van der Waals surface area contributed by atoms with Crippen LogP contribution in [-0.2, 0) is 0 Å². The molecule has 0 amide bonds. The van der Waals surface area contributed by atoms with Gasteiger partial charge in [0.25, 0.3) is 0 Å². The van der Waals surface area contributed by atoms with Gasteiger partial charge in [-0.3, -0.25) is 0 Å². The SMILES string of the molecule is Cc1cnc(C(C)n2cncc2C2CCCN2)o1. The molecule has 1 saturated heterocycles. The topological polar surface area (TPSA) is 55.9 Å². The summed E-state index contributed by atoms with van der Waals surface area (Å²) in [6.07, 6.45) is 7.95. The molecule has 2 unspecified atom stereocenters. The summed E-state index contributed by atoms with van der Waals surface area (Å²) in [7, 11) is 0. The highest BCUT2D eigenvalue weighted by Gasteiger charge is 2.23. The Balaban J connectivity index is 1.89. The first-order valence-electron chi connectivity index (χ1n) is 6.43. The summed E-state index contributed by atoms with van der Waals surface area (Å²) in [6.45, 7) is 5.09. The molecule has 1 aliphatic rings. The number of aromatic nitrogens is 3. The lowest BCUT2D eigenvalue weighted by Crippen LogP contribution is -2.19. The summed E-state index contributed by atoms with van der Waals surface area (Å²) in [4.78, 5) is 8.58. The fourth-order valence-electron chi connectivity index (χ4n) is 2.53. The van der Waals surface area contributed by atoms with E-state index in [9.17, 15) is 0 Å². The normalized spacial score (nSPS) is 21.3. The van der Waals surface area contributed by atoms with Crippen molar-refractivity contribution in [3.63, 3.8) is 0 Å². The van der Waals surface area contributed by atoms with Crippen molar-refractivity contribution in [2.45, 2.75) is 38.8 Å². The number of imidazole rings is 1. The molecule has 3 rings (SSSR count). The Morgan fingerprint density at radius 2 is 2.39 bits per heavy atom. The van der Waals surface area contributed by atoms with E-state index in [1.54, 1.807) is 6.20 Å². The van der Waals surface area contributed by atoms with E-state index in [-0.39, 0.29) is 6.04 Å². The van der Waals surface area contributed by atoms with Gasteiger partial charge in [0, 0.05) is 12.2 Å². The van der Waals surface area contributed by atoms with Crippen LogP contribution in [0, 0.1) is 6.92 Å². The number of hydrogen-bond donors (Lipinski definition) is 1. The standard InChI is InChI=1S/C13H18N4O/c1-9-6-16-13(18-9)10(2)17-8-14-7-12(17)11-4-3-5-15-11/h6-8,10-11,15H,3-5H2,1-2H3. The van der Waals surface area contributed by atoms with Gasteiger partial charge in [0.1, 0.15) is 11.8 Å². The molecule has 0 spiro atoms. The lowest BCUT2D eigenvalue weighted by Gasteiger charge is -2.17. The zero-order valence-corrected chi connectivity index (χ0v) is 10.8. The number of nitrogens with zero attached hydrogens (tertiary/aromatic N) is 3. The molecule has 0 saturated carbocycles. The molecule has 1 aliphatic heterocycles. The first-order chi connectivity index (χ1) is 8.75. The Hall–Kier alpha value is -1.62. The van der Waals surface area contributed by atoms with E-state index in [1.165, 1.54) is 18.5 Å². The van der Waals surface area contributed by atoms with Crippen LogP contribution in [0.15, 0.2) is 23.1 Å². The molecule has 2 atom stereocenters. The first-order valence-corrected chi connectivity index (χ1v) is 6.43. The lowest BCUT2D eigenvalue weighted by atomic mass is 10.1. The largest absolute Gasteiger partial charge is 0.444 e. The van der Waals surface area contributed by atoms with Crippen molar-refractivity contribution in [3.05, 3.63) is 36.1 Å². The zero-order chi connectivity index (χ0) is 12.5. The predicted molar refractivity (Wildman–Crippen MR) is 67.3 cm³/mol. The molecule has 2 aromatic heterocycles. The highest BCUT2D eigenvalue weighted by molar-refractivity contribution is 5.11. The molecular weight excluding hydrogens is 228 g/mol. The molecule has 18 heavy (non-hydrogen) atoms. The maximum atomic E-state index is 5.61. The van der Waals surface area contributed by atoms with Crippen molar-refractivity contribution in [1.29, 1.82) is 0 Å². The number of rotatable bonds is 3. The molecule has 1 N–H and O–H groups in total. The van der Waals surface area contributed by atoms with Crippen molar-refractivity contribution >= 4 is 0 Å². The minimum absolute atomic E-state index is 0.0820. The van der Waals surface area contributed by atoms with E-state index < -0.39 is 0 Å². The highest BCUT2D eigenvalue weighted by Crippen LogP contribution is 2.27. The maximum Gasteiger partial charge on any atom is 0.217 e. The molecule has 3 heterocycles. The van der Waals surface area contributed by atoms with Gasteiger partial charge in [0.2, 0.25) is 5.89 Å². The third-order valence-corrected chi connectivity index (χ3v) is 3.53. The van der Waals surface area contributed by atoms with Gasteiger partial charge in [0.05, 0.1) is 18.2 Å². The van der Waals surface area contributed by atoms with Gasteiger partial charge in [-0.05, 0) is 33.2 Å². The molecule has 2 aromatic rings. The molecule has 96 valence electrons. The van der Waals surface area contributed by atoms with Crippen LogP contribution in [0.5, 0.6) is 0 Å². The van der Waals surface area contributed by atoms with Gasteiger partial charge in [-0.15, -0.1) is 0 Å². The molecule has 0 aliphatic carbocycles. The average molecular weight is 246 g/mol. The summed E-state index contributed by atoms with van der Waals surface area (Å²) < 4.78 is 7.75. The van der Waals surface area contributed by atoms with Crippen molar-refractivity contribution in [3.8, 4) is 0 Å². The number of hydrogen-bond acceptors (Lipinski definition) is 4. The molecule has 1 fully saturated rings. The lowest BCUT2D eigenvalue weighted by molar-refractivity contribution is 0.403. The summed E-state index contributed by atoms with van der Waals surface area (Å²) >= 11 is 0.